The summed E-state index contributed by atoms with van der Waals surface area (Å²) in [4.78, 5) is 28.0. The van der Waals surface area contributed by atoms with E-state index in [0.717, 1.165) is 11.3 Å². The number of piperazine rings is 1. The van der Waals surface area contributed by atoms with Gasteiger partial charge < -0.3 is 15.1 Å². The first-order valence-electron chi connectivity index (χ1n) is 9.57. The molecule has 1 aliphatic heterocycles. The normalized spacial score (nSPS) is 14.5. The lowest BCUT2D eigenvalue weighted by Crippen LogP contribution is -2.50. The van der Waals surface area contributed by atoms with Crippen LogP contribution in [0, 0.1) is 12.7 Å². The third-order valence-electron chi connectivity index (χ3n) is 4.85. The van der Waals surface area contributed by atoms with Gasteiger partial charge in [-0.15, -0.1) is 0 Å². The number of benzene rings is 2. The fourth-order valence-electron chi connectivity index (χ4n) is 3.23. The second-order valence-electron chi connectivity index (χ2n) is 7.29. The summed E-state index contributed by atoms with van der Waals surface area (Å²) in [6.07, 6.45) is 0. The molecule has 0 aliphatic carbocycles. The third-order valence-corrected chi connectivity index (χ3v) is 6.24. The van der Waals surface area contributed by atoms with E-state index in [4.69, 9.17) is 0 Å². The van der Waals surface area contributed by atoms with Crippen LogP contribution in [0.5, 0.6) is 0 Å². The number of carbonyl (C=O) groups is 2. The third kappa shape index (κ3) is 6.03. The molecule has 7 nitrogen and oxygen atoms in total. The van der Waals surface area contributed by atoms with E-state index in [9.17, 15) is 22.4 Å². The van der Waals surface area contributed by atoms with Crippen LogP contribution in [-0.4, -0.2) is 62.8 Å². The number of aryl methyl sites for hydroxylation is 1. The molecule has 1 saturated heterocycles. The molecule has 1 aliphatic rings. The fourth-order valence-corrected chi connectivity index (χ4v) is 4.36. The fraction of sp³-hybridized carbons (Fsp3) is 0.333. The van der Waals surface area contributed by atoms with E-state index in [1.54, 1.807) is 36.4 Å². The van der Waals surface area contributed by atoms with Crippen LogP contribution in [0.3, 0.4) is 0 Å². The first kappa shape index (κ1) is 21.8. The molecule has 2 aromatic rings. The minimum atomic E-state index is -3.89. The van der Waals surface area contributed by atoms with Gasteiger partial charge in [0.1, 0.15) is 17.3 Å². The molecule has 9 heteroatoms. The van der Waals surface area contributed by atoms with Gasteiger partial charge in [-0.3, -0.25) is 9.59 Å². The molecule has 1 N–H and O–H groups in total. The second kappa shape index (κ2) is 9.25. The molecule has 160 valence electrons. The zero-order chi connectivity index (χ0) is 21.7. The summed E-state index contributed by atoms with van der Waals surface area (Å²) in [5, 5.41) is 2.53. The highest BCUT2D eigenvalue weighted by Gasteiger charge is 2.27. The van der Waals surface area contributed by atoms with E-state index in [-0.39, 0.29) is 5.82 Å². The van der Waals surface area contributed by atoms with Crippen LogP contribution in [0.2, 0.25) is 0 Å². The van der Waals surface area contributed by atoms with Gasteiger partial charge >= 0.3 is 0 Å². The standard InChI is InChI=1S/C21H24FN3O4S/c1-16-2-6-18(7-3-16)23-20(26)14-30(28,29)15-21(27)25-12-10-24(11-13-25)19-8-4-17(22)5-9-19/h2-9H,10-15H2,1H3,(H,23,26). The number of anilines is 2. The number of sulfone groups is 1. The Morgan fingerprint density at radius 1 is 0.933 bits per heavy atom. The molecular formula is C21H24FN3O4S. The average molecular weight is 434 g/mol. The number of halogens is 1. The van der Waals surface area contributed by atoms with E-state index in [2.05, 4.69) is 5.32 Å². The number of hydrogen-bond acceptors (Lipinski definition) is 5. The molecule has 3 rings (SSSR count). The predicted octanol–water partition coefficient (Wildman–Crippen LogP) is 1.84. The molecular weight excluding hydrogens is 409 g/mol. The van der Waals surface area contributed by atoms with Gasteiger partial charge in [-0.05, 0) is 43.3 Å². The van der Waals surface area contributed by atoms with Crippen molar-refractivity contribution in [3.63, 3.8) is 0 Å². The molecule has 0 unspecified atom stereocenters. The lowest BCUT2D eigenvalue weighted by Gasteiger charge is -2.36. The number of amides is 2. The Hall–Kier alpha value is -2.94. The van der Waals surface area contributed by atoms with Crippen LogP contribution < -0.4 is 10.2 Å². The van der Waals surface area contributed by atoms with E-state index in [0.29, 0.717) is 31.9 Å². The van der Waals surface area contributed by atoms with Crippen LogP contribution in [0.15, 0.2) is 48.5 Å². The molecule has 30 heavy (non-hydrogen) atoms. The molecule has 0 saturated carbocycles. The molecule has 2 amide bonds. The van der Waals surface area contributed by atoms with Crippen molar-refractivity contribution in [1.29, 1.82) is 0 Å². The van der Waals surface area contributed by atoms with Crippen LogP contribution in [-0.2, 0) is 19.4 Å². The Morgan fingerprint density at radius 3 is 2.13 bits per heavy atom. The molecule has 2 aromatic carbocycles. The lowest BCUT2D eigenvalue weighted by atomic mass is 10.2. The lowest BCUT2D eigenvalue weighted by molar-refractivity contribution is -0.128. The zero-order valence-electron chi connectivity index (χ0n) is 16.7. The van der Waals surface area contributed by atoms with Crippen molar-refractivity contribution < 1.29 is 22.4 Å². The predicted molar refractivity (Wildman–Crippen MR) is 114 cm³/mol. The smallest absolute Gasteiger partial charge is 0.239 e. The van der Waals surface area contributed by atoms with Crippen molar-refractivity contribution in [2.45, 2.75) is 6.92 Å². The minimum absolute atomic E-state index is 0.316. The van der Waals surface area contributed by atoms with Crippen molar-refractivity contribution in [3.05, 3.63) is 59.9 Å². The summed E-state index contributed by atoms with van der Waals surface area (Å²) in [6, 6.07) is 13.1. The largest absolute Gasteiger partial charge is 0.368 e. The van der Waals surface area contributed by atoms with Gasteiger partial charge in [0.25, 0.3) is 0 Å². The average Bonchev–Trinajstić information content (AvgIpc) is 2.69. The van der Waals surface area contributed by atoms with Crippen molar-refractivity contribution >= 4 is 33.0 Å². The first-order valence-corrected chi connectivity index (χ1v) is 11.4. The van der Waals surface area contributed by atoms with E-state index >= 15 is 0 Å². The number of nitrogens with zero attached hydrogens (tertiary/aromatic N) is 2. The van der Waals surface area contributed by atoms with Gasteiger partial charge in [0, 0.05) is 37.6 Å². The molecule has 0 aromatic heterocycles. The number of rotatable bonds is 6. The van der Waals surface area contributed by atoms with Gasteiger partial charge in [-0.2, -0.15) is 0 Å². The van der Waals surface area contributed by atoms with Crippen LogP contribution in [0.1, 0.15) is 5.56 Å². The molecule has 0 bridgehead atoms. The van der Waals surface area contributed by atoms with E-state index < -0.39 is 33.2 Å². The zero-order valence-corrected chi connectivity index (χ0v) is 17.5. The maximum atomic E-state index is 13.1. The molecule has 1 heterocycles. The molecule has 0 spiro atoms. The van der Waals surface area contributed by atoms with Crippen molar-refractivity contribution in [2.75, 3.05) is 47.9 Å². The number of hydrogen-bond donors (Lipinski definition) is 1. The maximum Gasteiger partial charge on any atom is 0.239 e. The Kier molecular flexibility index (Phi) is 6.71. The topological polar surface area (TPSA) is 86.8 Å². The Bertz CT molecular complexity index is 1000. The number of carbonyl (C=O) groups excluding carboxylic acids is 2. The van der Waals surface area contributed by atoms with E-state index in [1.807, 2.05) is 11.8 Å². The monoisotopic (exact) mass is 433 g/mol. The quantitative estimate of drug-likeness (QED) is 0.751. The SMILES string of the molecule is Cc1ccc(NC(=O)CS(=O)(=O)CC(=O)N2CCN(c3ccc(F)cc3)CC2)cc1. The summed E-state index contributed by atoms with van der Waals surface area (Å²) < 4.78 is 37.7. The highest BCUT2D eigenvalue weighted by atomic mass is 32.2. The summed E-state index contributed by atoms with van der Waals surface area (Å²) >= 11 is 0. The maximum absolute atomic E-state index is 13.1. The highest BCUT2D eigenvalue weighted by Crippen LogP contribution is 2.17. The first-order chi connectivity index (χ1) is 14.2. The van der Waals surface area contributed by atoms with Crippen LogP contribution in [0.25, 0.3) is 0 Å². The molecule has 1 fully saturated rings. The van der Waals surface area contributed by atoms with Crippen molar-refractivity contribution in [2.24, 2.45) is 0 Å². The summed E-state index contributed by atoms with van der Waals surface area (Å²) in [7, 11) is -3.89. The molecule has 0 atom stereocenters. The molecule has 0 radical (unpaired) electrons. The Balaban J connectivity index is 1.49. The van der Waals surface area contributed by atoms with Gasteiger partial charge in [-0.25, -0.2) is 12.8 Å². The van der Waals surface area contributed by atoms with Crippen molar-refractivity contribution in [1.82, 2.24) is 4.90 Å². The summed E-state index contributed by atoms with van der Waals surface area (Å²) in [6.45, 7) is 3.67. The van der Waals surface area contributed by atoms with Gasteiger partial charge in [0.05, 0.1) is 0 Å². The van der Waals surface area contributed by atoms with Crippen molar-refractivity contribution in [3.8, 4) is 0 Å². The Morgan fingerprint density at radius 2 is 1.53 bits per heavy atom. The van der Waals surface area contributed by atoms with Gasteiger partial charge in [0.2, 0.25) is 11.8 Å². The summed E-state index contributed by atoms with van der Waals surface area (Å²) in [5.41, 5.74) is 2.37. The van der Waals surface area contributed by atoms with Gasteiger partial charge in [-0.1, -0.05) is 17.7 Å². The minimum Gasteiger partial charge on any atom is -0.368 e. The second-order valence-corrected chi connectivity index (χ2v) is 9.36. The summed E-state index contributed by atoms with van der Waals surface area (Å²) in [5.74, 6) is -2.96. The number of nitrogens with one attached hydrogen (secondary N) is 1. The van der Waals surface area contributed by atoms with E-state index in [1.165, 1.54) is 17.0 Å². The van der Waals surface area contributed by atoms with Crippen LogP contribution in [0.4, 0.5) is 15.8 Å². The highest BCUT2D eigenvalue weighted by molar-refractivity contribution is 7.92. The van der Waals surface area contributed by atoms with Gasteiger partial charge in [0.15, 0.2) is 9.84 Å². The van der Waals surface area contributed by atoms with Crippen LogP contribution >= 0.6 is 0 Å². The Labute approximate surface area is 175 Å².